The number of hydrogen-bond donors (Lipinski definition) is 1. The molecule has 1 saturated heterocycles. The number of carboxylic acid groups (broad SMARTS) is 1. The predicted molar refractivity (Wildman–Crippen MR) is 102 cm³/mol. The summed E-state index contributed by atoms with van der Waals surface area (Å²) in [6.45, 7) is 1.43. The van der Waals surface area contributed by atoms with Gasteiger partial charge in [-0.3, -0.25) is 0 Å². The third-order valence-electron chi connectivity index (χ3n) is 5.95. The minimum atomic E-state index is -2.42. The number of carboxylic acids is 1. The molecule has 2 aromatic rings. The van der Waals surface area contributed by atoms with Crippen LogP contribution in [0.2, 0.25) is 0 Å². The van der Waals surface area contributed by atoms with Gasteiger partial charge in [-0.2, -0.15) is 0 Å². The van der Waals surface area contributed by atoms with Crippen molar-refractivity contribution in [3.8, 4) is 11.1 Å². The summed E-state index contributed by atoms with van der Waals surface area (Å²) in [4.78, 5) is 25.1. The highest BCUT2D eigenvalue weighted by Gasteiger charge is 2.54. The fraction of sp³-hybridized carbons (Fsp3) is 0.364. The molecule has 1 amide bonds. The number of nitrogens with zero attached hydrogens (tertiary/aromatic N) is 1. The van der Waals surface area contributed by atoms with Gasteiger partial charge in [-0.05, 0) is 28.7 Å². The molecule has 1 aliphatic heterocycles. The Kier molecular flexibility index (Phi) is 4.57. The van der Waals surface area contributed by atoms with Crippen molar-refractivity contribution < 1.29 is 23.8 Å². The topological polar surface area (TPSA) is 66.8 Å². The normalized spacial score (nSPS) is 23.4. The van der Waals surface area contributed by atoms with Gasteiger partial charge >= 0.3 is 12.1 Å². The van der Waals surface area contributed by atoms with Crippen LogP contribution in [-0.4, -0.2) is 47.4 Å². The van der Waals surface area contributed by atoms with Crippen LogP contribution in [0.5, 0.6) is 0 Å². The smallest absolute Gasteiger partial charge is 0.409 e. The molecule has 4 rings (SSSR count). The maximum atomic E-state index is 14.8. The van der Waals surface area contributed by atoms with Crippen LogP contribution in [0, 0.1) is 5.92 Å². The monoisotopic (exact) mass is 383 g/mol. The van der Waals surface area contributed by atoms with Crippen molar-refractivity contribution in [2.45, 2.75) is 24.9 Å². The van der Waals surface area contributed by atoms with Crippen molar-refractivity contribution in [3.05, 3.63) is 59.7 Å². The van der Waals surface area contributed by atoms with Crippen molar-refractivity contribution in [2.24, 2.45) is 5.92 Å². The molecule has 0 radical (unpaired) electrons. The van der Waals surface area contributed by atoms with E-state index in [1.807, 2.05) is 48.5 Å². The number of hydrogen-bond acceptors (Lipinski definition) is 3. The Morgan fingerprint density at radius 3 is 2.21 bits per heavy atom. The maximum Gasteiger partial charge on any atom is 0.409 e. The molecule has 1 heterocycles. The molecule has 146 valence electrons. The number of benzene rings is 2. The number of rotatable bonds is 4. The average Bonchev–Trinajstić information content (AvgIpc) is 3.22. The molecule has 1 aliphatic carbocycles. The molecule has 0 spiro atoms. The predicted octanol–water partition coefficient (Wildman–Crippen LogP) is 4.07. The molecule has 6 heteroatoms. The highest BCUT2D eigenvalue weighted by atomic mass is 19.1. The summed E-state index contributed by atoms with van der Waals surface area (Å²) in [5.41, 5.74) is 2.02. The Hall–Kier alpha value is -2.89. The van der Waals surface area contributed by atoms with Crippen molar-refractivity contribution >= 4 is 12.1 Å². The Morgan fingerprint density at radius 2 is 1.71 bits per heavy atom. The largest absolute Gasteiger partial charge is 0.479 e. The quantitative estimate of drug-likeness (QED) is 0.864. The van der Waals surface area contributed by atoms with Crippen LogP contribution in [-0.2, 0) is 9.53 Å². The van der Waals surface area contributed by atoms with E-state index in [2.05, 4.69) is 0 Å². The van der Waals surface area contributed by atoms with E-state index in [4.69, 9.17) is 4.74 Å². The first-order valence-electron chi connectivity index (χ1n) is 9.48. The van der Waals surface area contributed by atoms with E-state index < -0.39 is 30.2 Å². The first-order chi connectivity index (χ1) is 13.5. The minimum absolute atomic E-state index is 0.0516. The highest BCUT2D eigenvalue weighted by molar-refractivity contribution is 5.81. The number of amides is 1. The van der Waals surface area contributed by atoms with E-state index in [9.17, 15) is 19.1 Å². The number of ether oxygens (including phenoxy) is 1. The Balaban J connectivity index is 1.50. The summed E-state index contributed by atoms with van der Waals surface area (Å²) < 4.78 is 20.3. The highest BCUT2D eigenvalue weighted by Crippen LogP contribution is 2.44. The Bertz CT molecular complexity index is 885. The lowest BCUT2D eigenvalue weighted by Crippen LogP contribution is -2.42. The van der Waals surface area contributed by atoms with Gasteiger partial charge in [0.05, 0.1) is 6.54 Å². The van der Waals surface area contributed by atoms with E-state index >= 15 is 0 Å². The van der Waals surface area contributed by atoms with Gasteiger partial charge in [-0.15, -0.1) is 0 Å². The van der Waals surface area contributed by atoms with Crippen LogP contribution in [0.15, 0.2) is 48.5 Å². The Morgan fingerprint density at radius 1 is 1.14 bits per heavy atom. The first kappa shape index (κ1) is 18.5. The molecule has 2 aromatic carbocycles. The lowest BCUT2D eigenvalue weighted by atomic mass is 9.91. The molecule has 28 heavy (non-hydrogen) atoms. The summed E-state index contributed by atoms with van der Waals surface area (Å²) in [5.74, 6) is -2.34. The van der Waals surface area contributed by atoms with E-state index in [1.54, 1.807) is 6.92 Å². The zero-order valence-corrected chi connectivity index (χ0v) is 15.6. The van der Waals surface area contributed by atoms with Crippen LogP contribution in [0.25, 0.3) is 11.1 Å². The number of halogens is 1. The third kappa shape index (κ3) is 2.84. The van der Waals surface area contributed by atoms with Gasteiger partial charge in [0.15, 0.2) is 0 Å². The minimum Gasteiger partial charge on any atom is -0.479 e. The lowest BCUT2D eigenvalue weighted by Gasteiger charge is -2.20. The van der Waals surface area contributed by atoms with Gasteiger partial charge in [-0.25, -0.2) is 14.0 Å². The number of aliphatic carboxylic acids is 1. The maximum absolute atomic E-state index is 14.8. The first-order valence-corrected chi connectivity index (χ1v) is 9.48. The second-order valence-corrected chi connectivity index (χ2v) is 7.46. The molecular weight excluding hydrogens is 361 g/mol. The summed E-state index contributed by atoms with van der Waals surface area (Å²) in [6, 6.07) is 16.0. The van der Waals surface area contributed by atoms with Crippen molar-refractivity contribution in [3.63, 3.8) is 0 Å². The summed E-state index contributed by atoms with van der Waals surface area (Å²) >= 11 is 0. The molecule has 5 nitrogen and oxygen atoms in total. The average molecular weight is 383 g/mol. The summed E-state index contributed by atoms with van der Waals surface area (Å²) in [6.07, 6.45) is -0.322. The number of likely N-dealkylation sites (tertiary alicyclic amines) is 1. The van der Waals surface area contributed by atoms with Gasteiger partial charge in [0.1, 0.15) is 6.61 Å². The summed E-state index contributed by atoms with van der Waals surface area (Å²) in [5, 5.41) is 9.24. The van der Waals surface area contributed by atoms with Crippen LogP contribution >= 0.6 is 0 Å². The van der Waals surface area contributed by atoms with E-state index in [1.165, 1.54) is 4.90 Å². The van der Waals surface area contributed by atoms with Gasteiger partial charge in [0.2, 0.25) is 5.67 Å². The molecule has 0 bridgehead atoms. The second-order valence-electron chi connectivity index (χ2n) is 7.46. The number of carbonyl (C=O) groups excluding carboxylic acids is 1. The zero-order valence-electron chi connectivity index (χ0n) is 15.6. The number of alkyl halides is 1. The van der Waals surface area contributed by atoms with Crippen molar-refractivity contribution in [2.75, 3.05) is 19.7 Å². The van der Waals surface area contributed by atoms with Crippen molar-refractivity contribution in [1.29, 1.82) is 0 Å². The molecule has 1 N–H and O–H groups in total. The van der Waals surface area contributed by atoms with Crippen LogP contribution in [0.1, 0.15) is 30.4 Å². The molecule has 2 aliphatic rings. The van der Waals surface area contributed by atoms with Crippen molar-refractivity contribution in [1.82, 2.24) is 4.90 Å². The Labute approximate surface area is 162 Å². The van der Waals surface area contributed by atoms with Crippen LogP contribution in [0.3, 0.4) is 0 Å². The molecule has 1 fully saturated rings. The summed E-state index contributed by atoms with van der Waals surface area (Å²) in [7, 11) is 0. The molecular formula is C22H22FNO4. The fourth-order valence-electron chi connectivity index (χ4n) is 4.40. The third-order valence-corrected chi connectivity index (χ3v) is 5.95. The van der Waals surface area contributed by atoms with E-state index in [0.29, 0.717) is 6.42 Å². The SMILES string of the molecule is CC[C@@H]1CN(C(=O)OCC2c3ccccc3-c3ccccc32)C[C@@]1(F)C(=O)O. The number of carbonyl (C=O) groups is 2. The molecule has 0 unspecified atom stereocenters. The van der Waals surface area contributed by atoms with Crippen LogP contribution in [0.4, 0.5) is 9.18 Å². The molecule has 2 atom stereocenters. The standard InChI is InChI=1S/C22H22FNO4/c1-2-14-11-24(13-22(14,23)20(25)26)21(27)28-12-19-17-9-5-3-7-15(17)16-8-4-6-10-18(16)19/h3-10,14,19H,2,11-13H2,1H3,(H,25,26)/t14-,22+/m1/s1. The molecule has 0 aromatic heterocycles. The van der Waals surface area contributed by atoms with Crippen LogP contribution < -0.4 is 0 Å². The fourth-order valence-corrected chi connectivity index (χ4v) is 4.40. The number of fused-ring (bicyclic) bond motifs is 3. The zero-order chi connectivity index (χ0) is 19.9. The lowest BCUT2D eigenvalue weighted by molar-refractivity contribution is -0.152. The van der Waals surface area contributed by atoms with E-state index in [0.717, 1.165) is 22.3 Å². The van der Waals surface area contributed by atoms with Gasteiger partial charge in [-0.1, -0.05) is 55.5 Å². The second kappa shape index (κ2) is 6.93. The van der Waals surface area contributed by atoms with Gasteiger partial charge in [0, 0.05) is 18.4 Å². The van der Waals surface area contributed by atoms with Gasteiger partial charge < -0.3 is 14.7 Å². The van der Waals surface area contributed by atoms with Gasteiger partial charge in [0.25, 0.3) is 0 Å². The molecule has 0 saturated carbocycles. The van der Waals surface area contributed by atoms with E-state index in [-0.39, 0.29) is 19.1 Å².